The fourth-order valence-corrected chi connectivity index (χ4v) is 4.37. The average molecular weight is 477 g/mol. The standard InChI is InChI=1S/C25H21ClN4O4/c26-18-4-1-16(2-5-18)14-30-24-20(13-27-30)19(25(31)29-7-9-32-10-8-29)12-21(28-24)17-3-6-22-23(11-17)34-15-33-22/h1-6,11-13H,7-10,14-15H2. The molecule has 0 atom stereocenters. The Morgan fingerprint density at radius 2 is 1.79 bits per heavy atom. The summed E-state index contributed by atoms with van der Waals surface area (Å²) < 4.78 is 18.2. The summed E-state index contributed by atoms with van der Waals surface area (Å²) in [5.74, 6) is 1.31. The van der Waals surface area contributed by atoms with Crippen molar-refractivity contribution in [2.24, 2.45) is 0 Å². The number of rotatable bonds is 4. The van der Waals surface area contributed by atoms with E-state index in [2.05, 4.69) is 5.10 Å². The molecule has 34 heavy (non-hydrogen) atoms. The lowest BCUT2D eigenvalue weighted by Crippen LogP contribution is -2.40. The van der Waals surface area contributed by atoms with E-state index < -0.39 is 0 Å². The number of nitrogens with zero attached hydrogens (tertiary/aromatic N) is 4. The molecule has 0 unspecified atom stereocenters. The predicted octanol–water partition coefficient (Wildman–Crippen LogP) is 4.00. The van der Waals surface area contributed by atoms with Crippen molar-refractivity contribution in [2.75, 3.05) is 33.1 Å². The zero-order valence-corrected chi connectivity index (χ0v) is 19.0. The topological polar surface area (TPSA) is 78.7 Å². The first kappa shape index (κ1) is 20.9. The Balaban J connectivity index is 1.47. The maximum Gasteiger partial charge on any atom is 0.254 e. The number of fused-ring (bicyclic) bond motifs is 2. The van der Waals surface area contributed by atoms with E-state index in [1.165, 1.54) is 0 Å². The van der Waals surface area contributed by atoms with E-state index in [9.17, 15) is 4.79 Å². The van der Waals surface area contributed by atoms with Crippen LogP contribution in [0, 0.1) is 0 Å². The molecule has 9 heteroatoms. The second-order valence-corrected chi connectivity index (χ2v) is 8.63. The van der Waals surface area contributed by atoms with E-state index in [-0.39, 0.29) is 12.7 Å². The number of pyridine rings is 1. The van der Waals surface area contributed by atoms with Gasteiger partial charge in [0.2, 0.25) is 6.79 Å². The number of halogens is 1. The second kappa shape index (κ2) is 8.62. The molecule has 2 aromatic heterocycles. The molecule has 0 saturated carbocycles. The van der Waals surface area contributed by atoms with Crippen molar-refractivity contribution in [3.8, 4) is 22.8 Å². The highest BCUT2D eigenvalue weighted by atomic mass is 35.5. The summed E-state index contributed by atoms with van der Waals surface area (Å²) >= 11 is 6.04. The van der Waals surface area contributed by atoms with Gasteiger partial charge in [-0.25, -0.2) is 9.67 Å². The second-order valence-electron chi connectivity index (χ2n) is 8.19. The molecule has 1 saturated heterocycles. The number of amides is 1. The van der Waals surface area contributed by atoms with Crippen molar-refractivity contribution >= 4 is 28.5 Å². The molecule has 172 valence electrons. The molecule has 0 spiro atoms. The summed E-state index contributed by atoms with van der Waals surface area (Å²) in [6, 6.07) is 15.1. The van der Waals surface area contributed by atoms with Crippen LogP contribution in [0.4, 0.5) is 0 Å². The number of benzene rings is 2. The van der Waals surface area contributed by atoms with E-state index in [1.54, 1.807) is 6.20 Å². The van der Waals surface area contributed by atoms with Gasteiger partial charge in [0.1, 0.15) is 0 Å². The van der Waals surface area contributed by atoms with Gasteiger partial charge in [-0.1, -0.05) is 23.7 Å². The van der Waals surface area contributed by atoms with E-state index in [1.807, 2.05) is 58.1 Å². The minimum absolute atomic E-state index is 0.0521. The van der Waals surface area contributed by atoms with Gasteiger partial charge >= 0.3 is 0 Å². The summed E-state index contributed by atoms with van der Waals surface area (Å²) in [6.07, 6.45) is 1.72. The summed E-state index contributed by atoms with van der Waals surface area (Å²) in [6.45, 7) is 2.88. The van der Waals surface area contributed by atoms with Crippen LogP contribution >= 0.6 is 11.6 Å². The quantitative estimate of drug-likeness (QED) is 0.443. The first-order valence-electron chi connectivity index (χ1n) is 11.0. The molecule has 2 aliphatic heterocycles. The number of hydrogen-bond acceptors (Lipinski definition) is 6. The molecule has 4 aromatic rings. The highest BCUT2D eigenvalue weighted by Crippen LogP contribution is 2.36. The van der Waals surface area contributed by atoms with Crippen molar-refractivity contribution in [1.82, 2.24) is 19.7 Å². The maximum absolute atomic E-state index is 13.5. The molecule has 1 fully saturated rings. The third-order valence-electron chi connectivity index (χ3n) is 6.05. The van der Waals surface area contributed by atoms with Crippen molar-refractivity contribution in [3.63, 3.8) is 0 Å². The summed E-state index contributed by atoms with van der Waals surface area (Å²) in [5.41, 5.74) is 3.75. The van der Waals surface area contributed by atoms with Crippen LogP contribution in [-0.2, 0) is 11.3 Å². The highest BCUT2D eigenvalue weighted by molar-refractivity contribution is 6.30. The molecule has 0 N–H and O–H groups in total. The molecular weight excluding hydrogens is 456 g/mol. The van der Waals surface area contributed by atoms with Gasteiger partial charge in [0, 0.05) is 23.7 Å². The Morgan fingerprint density at radius 3 is 2.62 bits per heavy atom. The Kier molecular flexibility index (Phi) is 5.31. The molecule has 1 amide bonds. The Bertz CT molecular complexity index is 1380. The minimum Gasteiger partial charge on any atom is -0.454 e. The van der Waals surface area contributed by atoms with Gasteiger partial charge in [-0.3, -0.25) is 4.79 Å². The highest BCUT2D eigenvalue weighted by Gasteiger charge is 2.24. The predicted molar refractivity (Wildman–Crippen MR) is 126 cm³/mol. The molecular formula is C25H21ClN4O4. The third kappa shape index (κ3) is 3.85. The molecule has 0 radical (unpaired) electrons. The van der Waals surface area contributed by atoms with E-state index in [0.29, 0.717) is 66.3 Å². The van der Waals surface area contributed by atoms with E-state index in [4.69, 9.17) is 30.8 Å². The van der Waals surface area contributed by atoms with Gasteiger partial charge in [-0.15, -0.1) is 0 Å². The van der Waals surface area contributed by atoms with E-state index >= 15 is 0 Å². The summed E-state index contributed by atoms with van der Waals surface area (Å²) in [4.78, 5) is 20.3. The molecule has 2 aromatic carbocycles. The maximum atomic E-state index is 13.5. The molecule has 4 heterocycles. The van der Waals surface area contributed by atoms with Crippen molar-refractivity contribution in [1.29, 1.82) is 0 Å². The van der Waals surface area contributed by atoms with Crippen LogP contribution in [-0.4, -0.2) is 58.7 Å². The average Bonchev–Trinajstić information content (AvgIpc) is 3.51. The zero-order valence-electron chi connectivity index (χ0n) is 18.2. The van der Waals surface area contributed by atoms with Crippen LogP contribution in [0.25, 0.3) is 22.3 Å². The van der Waals surface area contributed by atoms with Crippen molar-refractivity contribution < 1.29 is 19.0 Å². The largest absolute Gasteiger partial charge is 0.454 e. The van der Waals surface area contributed by atoms with Crippen LogP contribution in [0.1, 0.15) is 15.9 Å². The number of morpholine rings is 1. The molecule has 6 rings (SSSR count). The Morgan fingerprint density at radius 1 is 1.00 bits per heavy atom. The monoisotopic (exact) mass is 476 g/mol. The van der Waals surface area contributed by atoms with Crippen molar-refractivity contribution in [2.45, 2.75) is 6.54 Å². The SMILES string of the molecule is O=C(c1cc(-c2ccc3c(c2)OCO3)nc2c1cnn2Cc1ccc(Cl)cc1)N1CCOCC1. The summed E-state index contributed by atoms with van der Waals surface area (Å²) in [5, 5.41) is 5.97. The van der Waals surface area contributed by atoms with Crippen LogP contribution in [0.3, 0.4) is 0 Å². The van der Waals surface area contributed by atoms with Gasteiger partial charge in [0.25, 0.3) is 5.91 Å². The number of carbonyl (C=O) groups is 1. The van der Waals surface area contributed by atoms with Gasteiger partial charge in [0.05, 0.1) is 42.6 Å². The third-order valence-corrected chi connectivity index (χ3v) is 6.30. The fourth-order valence-electron chi connectivity index (χ4n) is 4.24. The number of ether oxygens (including phenoxy) is 3. The van der Waals surface area contributed by atoms with Crippen LogP contribution in [0.15, 0.2) is 54.7 Å². The van der Waals surface area contributed by atoms with Gasteiger partial charge in [-0.2, -0.15) is 5.10 Å². The normalized spacial score (nSPS) is 15.1. The first-order valence-corrected chi connectivity index (χ1v) is 11.4. The number of carbonyl (C=O) groups excluding carboxylic acids is 1. The number of hydrogen-bond donors (Lipinski definition) is 0. The molecule has 2 aliphatic rings. The first-order chi connectivity index (χ1) is 16.7. The lowest BCUT2D eigenvalue weighted by molar-refractivity contribution is 0.0304. The molecule has 0 bridgehead atoms. The van der Waals surface area contributed by atoms with Gasteiger partial charge in [-0.05, 0) is 42.0 Å². The molecule has 8 nitrogen and oxygen atoms in total. The van der Waals surface area contributed by atoms with Crippen LogP contribution in [0.2, 0.25) is 5.02 Å². The van der Waals surface area contributed by atoms with Crippen LogP contribution in [0.5, 0.6) is 11.5 Å². The zero-order chi connectivity index (χ0) is 23.1. The number of aromatic nitrogens is 3. The fraction of sp³-hybridized carbons (Fsp3) is 0.240. The minimum atomic E-state index is -0.0521. The Labute approximate surface area is 200 Å². The Hall–Kier alpha value is -3.62. The van der Waals surface area contributed by atoms with Gasteiger partial charge in [0.15, 0.2) is 17.1 Å². The lowest BCUT2D eigenvalue weighted by atomic mass is 10.1. The van der Waals surface area contributed by atoms with E-state index in [0.717, 1.165) is 16.5 Å². The molecule has 0 aliphatic carbocycles. The van der Waals surface area contributed by atoms with Crippen LogP contribution < -0.4 is 9.47 Å². The van der Waals surface area contributed by atoms with Crippen molar-refractivity contribution in [3.05, 3.63) is 70.9 Å². The smallest absolute Gasteiger partial charge is 0.254 e. The summed E-state index contributed by atoms with van der Waals surface area (Å²) in [7, 11) is 0. The van der Waals surface area contributed by atoms with Gasteiger partial charge < -0.3 is 19.1 Å². The lowest BCUT2D eigenvalue weighted by Gasteiger charge is -2.27.